The summed E-state index contributed by atoms with van der Waals surface area (Å²) in [6.07, 6.45) is -4.73. The molecule has 3 rings (SSSR count). The quantitative estimate of drug-likeness (QED) is 0.674. The smallest absolute Gasteiger partial charge is 0.465 e. The maximum absolute atomic E-state index is 12.2. The van der Waals surface area contributed by atoms with Crippen LogP contribution in [0.4, 0.5) is 24.8 Å². The van der Waals surface area contributed by atoms with Crippen LogP contribution in [-0.4, -0.2) is 29.4 Å². The molecule has 0 saturated carbocycles. The van der Waals surface area contributed by atoms with E-state index >= 15 is 0 Å². The van der Waals surface area contributed by atoms with Gasteiger partial charge in [0.25, 0.3) is 0 Å². The molecule has 9 heteroatoms. The zero-order valence-corrected chi connectivity index (χ0v) is 13.8. The molecule has 3 aromatic rings. The normalized spacial score (nSPS) is 11.4. The van der Waals surface area contributed by atoms with Gasteiger partial charge in [0.05, 0.1) is 23.7 Å². The number of aryl methyl sites for hydroxylation is 1. The number of alkyl halides is 3. The zero-order chi connectivity index (χ0) is 18.9. The summed E-state index contributed by atoms with van der Waals surface area (Å²) in [4.78, 5) is 19.2. The molecule has 0 aliphatic heterocycles. The van der Waals surface area contributed by atoms with Crippen LogP contribution in [0.15, 0.2) is 36.4 Å². The number of methoxy groups -OCH3 is 1. The van der Waals surface area contributed by atoms with Crippen molar-refractivity contribution in [2.45, 2.75) is 13.3 Å². The van der Waals surface area contributed by atoms with Gasteiger partial charge in [0, 0.05) is 5.69 Å². The number of H-pyrrole nitrogens is 1. The van der Waals surface area contributed by atoms with Crippen molar-refractivity contribution in [3.05, 3.63) is 47.5 Å². The average Bonchev–Trinajstić information content (AvgIpc) is 2.98. The molecule has 1 heterocycles. The van der Waals surface area contributed by atoms with Gasteiger partial charge in [0.1, 0.15) is 5.75 Å². The van der Waals surface area contributed by atoms with Crippen molar-refractivity contribution >= 4 is 28.6 Å². The molecule has 6 nitrogen and oxygen atoms in total. The van der Waals surface area contributed by atoms with Gasteiger partial charge in [-0.2, -0.15) is 0 Å². The number of ether oxygens (including phenoxy) is 2. The highest BCUT2D eigenvalue weighted by molar-refractivity contribution is 5.97. The topological polar surface area (TPSA) is 76.2 Å². The third-order valence-corrected chi connectivity index (χ3v) is 3.66. The van der Waals surface area contributed by atoms with Crippen LogP contribution < -0.4 is 10.1 Å². The van der Waals surface area contributed by atoms with E-state index in [2.05, 4.69) is 20.0 Å². The molecule has 0 spiro atoms. The lowest BCUT2D eigenvalue weighted by Gasteiger charge is -2.09. The second-order valence-corrected chi connectivity index (χ2v) is 5.41. The van der Waals surface area contributed by atoms with E-state index in [1.165, 1.54) is 31.4 Å². The molecule has 26 heavy (non-hydrogen) atoms. The van der Waals surface area contributed by atoms with Crippen LogP contribution >= 0.6 is 0 Å². The summed E-state index contributed by atoms with van der Waals surface area (Å²) in [6.45, 7) is 1.75. The van der Waals surface area contributed by atoms with Crippen LogP contribution in [0.2, 0.25) is 0 Å². The number of carbonyl (C=O) groups excluding carboxylic acids is 1. The Morgan fingerprint density at radius 1 is 1.15 bits per heavy atom. The zero-order valence-electron chi connectivity index (χ0n) is 13.8. The molecular weight excluding hydrogens is 351 g/mol. The molecular formula is C17H14F3N3O3. The minimum atomic E-state index is -4.73. The van der Waals surface area contributed by atoms with Crippen LogP contribution in [0, 0.1) is 6.92 Å². The summed E-state index contributed by atoms with van der Waals surface area (Å²) in [6, 6.07) is 8.59. The summed E-state index contributed by atoms with van der Waals surface area (Å²) >= 11 is 0. The molecule has 2 N–H and O–H groups in total. The van der Waals surface area contributed by atoms with E-state index in [0.29, 0.717) is 33.8 Å². The first-order chi connectivity index (χ1) is 12.3. The Hall–Kier alpha value is -3.23. The Morgan fingerprint density at radius 2 is 1.85 bits per heavy atom. The summed E-state index contributed by atoms with van der Waals surface area (Å²) in [5.41, 5.74) is 2.88. The van der Waals surface area contributed by atoms with Gasteiger partial charge in [-0.1, -0.05) is 0 Å². The number of esters is 1. The number of nitrogens with zero attached hydrogens (tertiary/aromatic N) is 1. The molecule has 0 atom stereocenters. The molecule has 0 bridgehead atoms. The van der Waals surface area contributed by atoms with Gasteiger partial charge in [-0.25, -0.2) is 9.78 Å². The predicted molar refractivity (Wildman–Crippen MR) is 88.6 cm³/mol. The van der Waals surface area contributed by atoms with Gasteiger partial charge in [0.2, 0.25) is 5.95 Å². The number of aromatic nitrogens is 2. The second kappa shape index (κ2) is 6.58. The number of carbonyl (C=O) groups is 1. The van der Waals surface area contributed by atoms with Crippen molar-refractivity contribution in [2.75, 3.05) is 12.4 Å². The number of nitrogens with one attached hydrogen (secondary N) is 2. The Balaban J connectivity index is 1.83. The SMILES string of the molecule is COC(=O)c1ccc2[nH]c(Nc3ccc(OC(F)(F)F)cc3)nc2c1C. The van der Waals surface area contributed by atoms with E-state index in [1.807, 2.05) is 0 Å². The highest BCUT2D eigenvalue weighted by atomic mass is 19.4. The van der Waals surface area contributed by atoms with Gasteiger partial charge in [0.15, 0.2) is 0 Å². The van der Waals surface area contributed by atoms with E-state index < -0.39 is 12.3 Å². The third kappa shape index (κ3) is 3.71. The summed E-state index contributed by atoms with van der Waals surface area (Å²) in [5, 5.41) is 2.95. The molecule has 2 aromatic carbocycles. The van der Waals surface area contributed by atoms with Crippen LogP contribution in [-0.2, 0) is 4.74 Å². The van der Waals surface area contributed by atoms with Gasteiger partial charge < -0.3 is 19.8 Å². The Kier molecular flexibility index (Phi) is 4.45. The molecule has 0 unspecified atom stereocenters. The maximum atomic E-state index is 12.2. The Labute approximate surface area is 145 Å². The Morgan fingerprint density at radius 3 is 2.46 bits per heavy atom. The van der Waals surface area contributed by atoms with Gasteiger partial charge in [-0.05, 0) is 48.9 Å². The fourth-order valence-corrected chi connectivity index (χ4v) is 2.48. The van der Waals surface area contributed by atoms with Crippen molar-refractivity contribution in [1.82, 2.24) is 9.97 Å². The predicted octanol–water partition coefficient (Wildman–Crippen LogP) is 4.30. The number of hydrogen-bond acceptors (Lipinski definition) is 5. The number of benzene rings is 2. The monoisotopic (exact) mass is 365 g/mol. The number of fused-ring (bicyclic) bond motifs is 1. The largest absolute Gasteiger partial charge is 0.573 e. The molecule has 0 aliphatic carbocycles. The fourth-order valence-electron chi connectivity index (χ4n) is 2.48. The lowest BCUT2D eigenvalue weighted by Crippen LogP contribution is -2.16. The van der Waals surface area contributed by atoms with Crippen LogP contribution in [0.25, 0.3) is 11.0 Å². The second-order valence-electron chi connectivity index (χ2n) is 5.41. The number of halogens is 3. The number of imidazole rings is 1. The first kappa shape index (κ1) is 17.6. The summed E-state index contributed by atoms with van der Waals surface area (Å²) in [7, 11) is 1.30. The van der Waals surface area contributed by atoms with Crippen LogP contribution in [0.1, 0.15) is 15.9 Å². The highest BCUT2D eigenvalue weighted by Gasteiger charge is 2.30. The molecule has 0 amide bonds. The maximum Gasteiger partial charge on any atom is 0.573 e. The molecule has 136 valence electrons. The van der Waals surface area contributed by atoms with Crippen LogP contribution in [0.3, 0.4) is 0 Å². The highest BCUT2D eigenvalue weighted by Crippen LogP contribution is 2.26. The molecule has 1 aromatic heterocycles. The summed E-state index contributed by atoms with van der Waals surface area (Å²) in [5.74, 6) is -0.386. The van der Waals surface area contributed by atoms with Crippen molar-refractivity contribution in [3.8, 4) is 5.75 Å². The number of hydrogen-bond donors (Lipinski definition) is 2. The molecule has 0 fully saturated rings. The number of rotatable bonds is 4. The van der Waals surface area contributed by atoms with Crippen molar-refractivity contribution in [2.24, 2.45) is 0 Å². The van der Waals surface area contributed by atoms with Crippen molar-refractivity contribution in [1.29, 1.82) is 0 Å². The standard InChI is InChI=1S/C17H14F3N3O3/c1-9-12(15(24)25-2)7-8-13-14(9)23-16(22-13)21-10-3-5-11(6-4-10)26-17(18,19)20/h3-8H,1-2H3,(H2,21,22,23). The van der Waals surface area contributed by atoms with E-state index in [1.54, 1.807) is 19.1 Å². The number of anilines is 2. The number of aromatic amines is 1. The first-order valence-corrected chi connectivity index (χ1v) is 7.47. The minimum Gasteiger partial charge on any atom is -0.465 e. The van der Waals surface area contributed by atoms with Crippen molar-refractivity contribution < 1.29 is 27.4 Å². The lowest BCUT2D eigenvalue weighted by molar-refractivity contribution is -0.274. The third-order valence-electron chi connectivity index (χ3n) is 3.66. The van der Waals surface area contributed by atoms with Crippen molar-refractivity contribution in [3.63, 3.8) is 0 Å². The average molecular weight is 365 g/mol. The first-order valence-electron chi connectivity index (χ1n) is 7.47. The molecule has 0 radical (unpaired) electrons. The van der Waals surface area contributed by atoms with Gasteiger partial charge >= 0.3 is 12.3 Å². The molecule has 0 aliphatic rings. The van der Waals surface area contributed by atoms with E-state index in [4.69, 9.17) is 4.74 Å². The summed E-state index contributed by atoms with van der Waals surface area (Å²) < 4.78 is 45.1. The Bertz CT molecular complexity index is 950. The van der Waals surface area contributed by atoms with E-state index in [9.17, 15) is 18.0 Å². The van der Waals surface area contributed by atoms with Gasteiger partial charge in [-0.3, -0.25) is 0 Å². The molecule has 0 saturated heterocycles. The van der Waals surface area contributed by atoms with Gasteiger partial charge in [-0.15, -0.1) is 13.2 Å². The fraction of sp³-hybridized carbons (Fsp3) is 0.176. The van der Waals surface area contributed by atoms with Crippen LogP contribution in [0.5, 0.6) is 5.75 Å². The minimum absolute atomic E-state index is 0.314. The lowest BCUT2D eigenvalue weighted by atomic mass is 10.1. The van der Waals surface area contributed by atoms with E-state index in [-0.39, 0.29) is 5.75 Å². The van der Waals surface area contributed by atoms with E-state index in [0.717, 1.165) is 0 Å².